The van der Waals surface area contributed by atoms with Gasteiger partial charge in [-0.25, -0.2) is 0 Å². The molecule has 132 valence electrons. The zero-order chi connectivity index (χ0) is 18.0. The van der Waals surface area contributed by atoms with Crippen LogP contribution in [0.3, 0.4) is 0 Å². The minimum Gasteiger partial charge on any atom is -0.379 e. The van der Waals surface area contributed by atoms with E-state index in [4.69, 9.17) is 0 Å². The van der Waals surface area contributed by atoms with E-state index in [1.54, 1.807) is 0 Å². The Morgan fingerprint density at radius 3 is 1.73 bits per heavy atom. The van der Waals surface area contributed by atoms with Gasteiger partial charge in [0.05, 0.1) is 5.25 Å². The molecule has 0 radical (unpaired) electrons. The molecule has 0 bridgehead atoms. The second kappa shape index (κ2) is 7.18. The van der Waals surface area contributed by atoms with Gasteiger partial charge in [-0.1, -0.05) is 91.0 Å². The molecule has 3 atom stereocenters. The summed E-state index contributed by atoms with van der Waals surface area (Å²) in [7, 11) is -1.09. The molecule has 0 amide bonds. The number of aliphatic hydroxyl groups is 1. The van der Waals surface area contributed by atoms with E-state index >= 15 is 0 Å². The van der Waals surface area contributed by atoms with Crippen LogP contribution >= 0.6 is 0 Å². The average molecular weight is 362 g/mol. The normalized spacial score (nSPS) is 22.6. The molecule has 0 spiro atoms. The van der Waals surface area contributed by atoms with Gasteiger partial charge in [-0.05, 0) is 29.5 Å². The summed E-state index contributed by atoms with van der Waals surface area (Å²) in [5, 5.41) is 11.5. The van der Waals surface area contributed by atoms with Crippen LogP contribution < -0.4 is 0 Å². The van der Waals surface area contributed by atoms with E-state index in [9.17, 15) is 9.32 Å². The van der Waals surface area contributed by atoms with Crippen LogP contribution in [-0.4, -0.2) is 19.8 Å². The maximum absolute atomic E-state index is 13.1. The first-order chi connectivity index (χ1) is 12.7. The van der Waals surface area contributed by atoms with Crippen LogP contribution in [0.2, 0.25) is 0 Å². The predicted molar refractivity (Wildman–Crippen MR) is 106 cm³/mol. The highest BCUT2D eigenvalue weighted by molar-refractivity contribution is 7.87. The maximum Gasteiger partial charge on any atom is 0.129 e. The van der Waals surface area contributed by atoms with Crippen molar-refractivity contribution in [2.45, 2.75) is 28.9 Å². The minimum absolute atomic E-state index is 0.0985. The van der Waals surface area contributed by atoms with Crippen molar-refractivity contribution in [3.8, 4) is 0 Å². The molecule has 1 fully saturated rings. The van der Waals surface area contributed by atoms with E-state index in [1.807, 2.05) is 78.9 Å². The molecule has 3 heteroatoms. The molecular formula is C23H22O2S. The summed E-state index contributed by atoms with van der Waals surface area (Å²) >= 11 is 0. The highest BCUT2D eigenvalue weighted by Crippen LogP contribution is 2.44. The molecule has 1 saturated heterocycles. The maximum atomic E-state index is 13.1. The van der Waals surface area contributed by atoms with Crippen LogP contribution in [0.25, 0.3) is 0 Å². The van der Waals surface area contributed by atoms with E-state index < -0.39 is 16.4 Å². The lowest BCUT2D eigenvalue weighted by atomic mass is 9.81. The summed E-state index contributed by atoms with van der Waals surface area (Å²) in [4.78, 5) is 0. The van der Waals surface area contributed by atoms with Crippen LogP contribution in [0.1, 0.15) is 23.1 Å². The predicted octanol–water partition coefficient (Wildman–Crippen LogP) is 4.05. The van der Waals surface area contributed by atoms with Crippen LogP contribution in [0, 0.1) is 0 Å². The summed E-state index contributed by atoms with van der Waals surface area (Å²) in [5.74, 6) is 0. The summed E-state index contributed by atoms with van der Waals surface area (Å²) < 4.78 is 13.1. The largest absolute Gasteiger partial charge is 0.379 e. The highest BCUT2D eigenvalue weighted by atomic mass is 32.2. The molecular weight excluding hydrogens is 340 g/mol. The number of benzene rings is 3. The van der Waals surface area contributed by atoms with Gasteiger partial charge in [-0.15, -0.1) is 0 Å². The highest BCUT2D eigenvalue weighted by Gasteiger charge is 2.52. The van der Waals surface area contributed by atoms with Gasteiger partial charge in [-0.3, -0.25) is 4.21 Å². The third kappa shape index (κ3) is 3.02. The van der Waals surface area contributed by atoms with Gasteiger partial charge in [0, 0.05) is 16.0 Å². The zero-order valence-electron chi connectivity index (χ0n) is 14.5. The second-order valence-electron chi connectivity index (χ2n) is 6.86. The first kappa shape index (κ1) is 17.2. The molecule has 0 aromatic heterocycles. The second-order valence-corrected chi connectivity index (χ2v) is 8.76. The van der Waals surface area contributed by atoms with Gasteiger partial charge >= 0.3 is 0 Å². The number of hydrogen-bond acceptors (Lipinski definition) is 2. The van der Waals surface area contributed by atoms with Gasteiger partial charge in [0.1, 0.15) is 5.60 Å². The van der Waals surface area contributed by atoms with Crippen molar-refractivity contribution < 1.29 is 9.32 Å². The van der Waals surface area contributed by atoms with Crippen LogP contribution in [0.5, 0.6) is 0 Å². The third-order valence-electron chi connectivity index (χ3n) is 5.29. The summed E-state index contributed by atoms with van der Waals surface area (Å²) in [6, 6.07) is 29.4. The van der Waals surface area contributed by atoms with Gasteiger partial charge in [-0.2, -0.15) is 0 Å². The molecule has 1 N–H and O–H groups in total. The Morgan fingerprint density at radius 1 is 0.808 bits per heavy atom. The molecule has 1 aliphatic heterocycles. The standard InChI is InChI=1S/C23H22O2S/c24-23(19-12-6-2-7-13-19,20-14-8-3-9-15-20)22-17-21(26(22)25)16-18-10-4-1-5-11-18/h1-15,21-22,24H,16-17H2/t21-,22-,26?/m0/s1. The molecule has 3 aromatic carbocycles. The smallest absolute Gasteiger partial charge is 0.129 e. The third-order valence-corrected chi connectivity index (χ3v) is 7.40. The number of hydrogen-bond donors (Lipinski definition) is 1. The van der Waals surface area contributed by atoms with Gasteiger partial charge in [0.25, 0.3) is 0 Å². The Balaban J connectivity index is 1.63. The fraction of sp³-hybridized carbons (Fsp3) is 0.217. The zero-order valence-corrected chi connectivity index (χ0v) is 15.3. The van der Waals surface area contributed by atoms with Crippen LogP contribution in [0.15, 0.2) is 91.0 Å². The SMILES string of the molecule is O=S1[C@@H](Cc2ccccc2)C[C@H]1C(O)(c1ccccc1)c1ccccc1. The first-order valence-corrected chi connectivity index (χ1v) is 10.2. The lowest BCUT2D eigenvalue weighted by Gasteiger charge is -2.45. The number of rotatable bonds is 5. The van der Waals surface area contributed by atoms with Gasteiger partial charge in [0.15, 0.2) is 0 Å². The lowest BCUT2D eigenvalue weighted by Crippen LogP contribution is -2.55. The van der Waals surface area contributed by atoms with Crippen molar-refractivity contribution in [3.05, 3.63) is 108 Å². The van der Waals surface area contributed by atoms with Crippen molar-refractivity contribution >= 4 is 10.8 Å². The summed E-state index contributed by atoms with van der Waals surface area (Å²) in [5.41, 5.74) is 1.60. The molecule has 2 nitrogen and oxygen atoms in total. The van der Waals surface area contributed by atoms with Crippen molar-refractivity contribution in [1.82, 2.24) is 0 Å². The van der Waals surface area contributed by atoms with Crippen molar-refractivity contribution in [2.75, 3.05) is 0 Å². The lowest BCUT2D eigenvalue weighted by molar-refractivity contribution is 0.0674. The van der Waals surface area contributed by atoms with Crippen LogP contribution in [0.4, 0.5) is 0 Å². The van der Waals surface area contributed by atoms with E-state index in [0.717, 1.165) is 24.0 Å². The van der Waals surface area contributed by atoms with E-state index in [1.165, 1.54) is 5.56 Å². The Labute approximate surface area is 157 Å². The molecule has 0 aliphatic carbocycles. The fourth-order valence-electron chi connectivity index (χ4n) is 3.84. The molecule has 1 aliphatic rings. The Kier molecular flexibility index (Phi) is 4.75. The topological polar surface area (TPSA) is 37.3 Å². The first-order valence-electron chi connectivity index (χ1n) is 8.96. The Morgan fingerprint density at radius 2 is 1.27 bits per heavy atom. The van der Waals surface area contributed by atoms with E-state index in [2.05, 4.69) is 12.1 Å². The average Bonchev–Trinajstić information content (AvgIpc) is 2.72. The molecule has 26 heavy (non-hydrogen) atoms. The molecule has 1 heterocycles. The van der Waals surface area contributed by atoms with Crippen molar-refractivity contribution in [2.24, 2.45) is 0 Å². The molecule has 4 rings (SSSR count). The molecule has 1 unspecified atom stereocenters. The van der Waals surface area contributed by atoms with Gasteiger partial charge in [0.2, 0.25) is 0 Å². The van der Waals surface area contributed by atoms with Gasteiger partial charge < -0.3 is 5.11 Å². The monoisotopic (exact) mass is 362 g/mol. The molecule has 3 aromatic rings. The summed E-state index contributed by atoms with van der Waals surface area (Å²) in [6.45, 7) is 0. The van der Waals surface area contributed by atoms with E-state index in [-0.39, 0.29) is 10.5 Å². The fourth-order valence-corrected chi connectivity index (χ4v) is 5.72. The summed E-state index contributed by atoms with van der Waals surface area (Å²) in [6.07, 6.45) is 1.55. The molecule has 0 saturated carbocycles. The van der Waals surface area contributed by atoms with E-state index in [0.29, 0.717) is 0 Å². The Hall–Kier alpha value is -2.23. The van der Waals surface area contributed by atoms with Crippen molar-refractivity contribution in [1.29, 1.82) is 0 Å². The van der Waals surface area contributed by atoms with Crippen LogP contribution in [-0.2, 0) is 22.8 Å². The van der Waals surface area contributed by atoms with Crippen molar-refractivity contribution in [3.63, 3.8) is 0 Å². The minimum atomic E-state index is -1.22. The Bertz CT molecular complexity index is 838. The quantitative estimate of drug-likeness (QED) is 0.743.